The van der Waals surface area contributed by atoms with Crippen LogP contribution in [0.1, 0.15) is 6.92 Å². The summed E-state index contributed by atoms with van der Waals surface area (Å²) in [7, 11) is -3.00. The molecule has 0 N–H and O–H groups in total. The van der Waals surface area contributed by atoms with Gasteiger partial charge in [-0.1, -0.05) is 0 Å². The summed E-state index contributed by atoms with van der Waals surface area (Å²) in [6.45, 7) is 4.18. The second-order valence-electron chi connectivity index (χ2n) is 3.09. The summed E-state index contributed by atoms with van der Waals surface area (Å²) < 4.78 is 26.1. The lowest BCUT2D eigenvalue weighted by molar-refractivity contribution is 0.237. The van der Waals surface area contributed by atoms with Gasteiger partial charge in [0.2, 0.25) is 10.0 Å². The van der Waals surface area contributed by atoms with Gasteiger partial charge in [0.1, 0.15) is 0 Å². The summed E-state index contributed by atoms with van der Waals surface area (Å²) in [5.41, 5.74) is 0. The van der Waals surface area contributed by atoms with E-state index in [4.69, 9.17) is 0 Å². The summed E-state index contributed by atoms with van der Waals surface area (Å²) in [5.74, 6) is 0. The van der Waals surface area contributed by atoms with Crippen LogP contribution < -0.4 is 0 Å². The molecule has 0 saturated carbocycles. The molecule has 1 atom stereocenters. The van der Waals surface area contributed by atoms with Crippen molar-refractivity contribution in [2.24, 2.45) is 0 Å². The average molecular weight is 304 g/mol. The van der Waals surface area contributed by atoms with E-state index in [9.17, 15) is 8.42 Å². The van der Waals surface area contributed by atoms with Crippen molar-refractivity contribution in [1.82, 2.24) is 7.42 Å². The molecule has 1 aliphatic heterocycles. The molecule has 1 aliphatic rings. The first-order chi connectivity index (χ1) is 5.41. The molecule has 0 aromatic carbocycles. The van der Waals surface area contributed by atoms with Gasteiger partial charge >= 0.3 is 0 Å². The Labute approximate surface area is 87.5 Å². The first-order valence-corrected chi connectivity index (χ1v) is 6.60. The lowest BCUT2D eigenvalue weighted by Crippen LogP contribution is -2.50. The fourth-order valence-electron chi connectivity index (χ4n) is 1.39. The molecule has 0 radical (unpaired) electrons. The maximum absolute atomic E-state index is 11.2. The van der Waals surface area contributed by atoms with Crippen molar-refractivity contribution < 1.29 is 8.42 Å². The van der Waals surface area contributed by atoms with E-state index in [1.54, 1.807) is 4.31 Å². The molecule has 1 heterocycles. The largest absolute Gasteiger partial charge is 0.245 e. The predicted octanol–water partition coefficient (Wildman–Crippen LogP) is 0.302. The molecular weight excluding hydrogens is 291 g/mol. The Morgan fingerprint density at radius 1 is 1.42 bits per heavy atom. The van der Waals surface area contributed by atoms with Crippen LogP contribution in [0.15, 0.2) is 0 Å². The topological polar surface area (TPSA) is 40.6 Å². The van der Waals surface area contributed by atoms with Crippen LogP contribution >= 0.6 is 22.9 Å². The zero-order chi connectivity index (χ0) is 9.35. The minimum Gasteiger partial charge on any atom is -0.245 e. The molecule has 0 aromatic rings. The molecule has 72 valence electrons. The normalized spacial score (nSPS) is 29.1. The molecule has 12 heavy (non-hydrogen) atoms. The third kappa shape index (κ3) is 2.54. The van der Waals surface area contributed by atoms with Crippen LogP contribution in [-0.2, 0) is 10.0 Å². The van der Waals surface area contributed by atoms with Gasteiger partial charge in [-0.15, -0.1) is 0 Å². The van der Waals surface area contributed by atoms with E-state index in [1.807, 2.05) is 6.92 Å². The fourth-order valence-corrected chi connectivity index (χ4v) is 3.31. The summed E-state index contributed by atoms with van der Waals surface area (Å²) in [5, 5.41) is 0. The number of hydrogen-bond acceptors (Lipinski definition) is 3. The Kier molecular flexibility index (Phi) is 3.35. The van der Waals surface area contributed by atoms with Gasteiger partial charge in [-0.05, 0) is 6.92 Å². The Morgan fingerprint density at radius 2 is 2.00 bits per heavy atom. The lowest BCUT2D eigenvalue weighted by atomic mass is 10.3. The number of rotatable bonds is 1. The van der Waals surface area contributed by atoms with Crippen LogP contribution in [0.4, 0.5) is 0 Å². The fraction of sp³-hybridized carbons (Fsp3) is 1.00. The molecule has 6 heteroatoms. The van der Waals surface area contributed by atoms with E-state index in [0.29, 0.717) is 6.54 Å². The van der Waals surface area contributed by atoms with Crippen LogP contribution in [-0.4, -0.2) is 47.8 Å². The number of sulfonamides is 1. The highest BCUT2D eigenvalue weighted by molar-refractivity contribution is 14.1. The summed E-state index contributed by atoms with van der Waals surface area (Å²) in [4.78, 5) is 0. The van der Waals surface area contributed by atoms with Gasteiger partial charge in [-0.3, -0.25) is 0 Å². The first-order valence-electron chi connectivity index (χ1n) is 3.79. The Hall–Kier alpha value is 0.600. The number of nitrogens with zero attached hydrogens (tertiary/aromatic N) is 2. The van der Waals surface area contributed by atoms with Crippen LogP contribution in [0.2, 0.25) is 0 Å². The molecule has 0 bridgehead atoms. The minimum absolute atomic E-state index is 0.102. The quantitative estimate of drug-likeness (QED) is 0.517. The highest BCUT2D eigenvalue weighted by atomic mass is 127. The first kappa shape index (κ1) is 10.7. The predicted molar refractivity (Wildman–Crippen MR) is 56.6 cm³/mol. The van der Waals surface area contributed by atoms with E-state index < -0.39 is 10.0 Å². The van der Waals surface area contributed by atoms with Gasteiger partial charge < -0.3 is 0 Å². The number of piperazine rings is 1. The van der Waals surface area contributed by atoms with E-state index in [2.05, 4.69) is 26.0 Å². The Bertz CT molecular complexity index is 254. The smallest absolute Gasteiger partial charge is 0.211 e. The zero-order valence-electron chi connectivity index (χ0n) is 7.20. The van der Waals surface area contributed by atoms with Crippen molar-refractivity contribution in [2.45, 2.75) is 13.0 Å². The molecule has 1 fully saturated rings. The Morgan fingerprint density at radius 3 is 2.42 bits per heavy atom. The standard InChI is InChI=1S/C6H13IN2O2S/c1-6-5-8(7)3-4-9(6)12(2,10)11/h6H,3-5H2,1-2H3/t6-/m1/s1. The number of hydrogen-bond donors (Lipinski definition) is 0. The summed E-state index contributed by atoms with van der Waals surface area (Å²) in [6, 6.07) is 0.102. The van der Waals surface area contributed by atoms with Crippen molar-refractivity contribution in [3.05, 3.63) is 0 Å². The highest BCUT2D eigenvalue weighted by Crippen LogP contribution is 2.15. The molecule has 4 nitrogen and oxygen atoms in total. The van der Waals surface area contributed by atoms with Crippen molar-refractivity contribution >= 4 is 32.9 Å². The van der Waals surface area contributed by atoms with E-state index in [1.165, 1.54) is 6.26 Å². The van der Waals surface area contributed by atoms with Crippen LogP contribution in [0.3, 0.4) is 0 Å². The maximum atomic E-state index is 11.2. The Balaban J connectivity index is 2.69. The molecule has 0 unspecified atom stereocenters. The second-order valence-corrected chi connectivity index (χ2v) is 6.39. The SMILES string of the molecule is C[C@@H]1CN(I)CCN1S(C)(=O)=O. The molecule has 1 rings (SSSR count). The number of halogens is 1. The van der Waals surface area contributed by atoms with Gasteiger partial charge in [0.25, 0.3) is 0 Å². The minimum atomic E-state index is -3.00. The van der Waals surface area contributed by atoms with Crippen LogP contribution in [0, 0.1) is 0 Å². The van der Waals surface area contributed by atoms with Crippen LogP contribution in [0.5, 0.6) is 0 Å². The average Bonchev–Trinajstić information content (AvgIpc) is 1.83. The highest BCUT2D eigenvalue weighted by Gasteiger charge is 2.28. The van der Waals surface area contributed by atoms with Crippen molar-refractivity contribution in [2.75, 3.05) is 25.9 Å². The molecule has 0 aromatic heterocycles. The summed E-state index contributed by atoms with van der Waals surface area (Å²) >= 11 is 2.22. The molecule has 0 spiro atoms. The van der Waals surface area contributed by atoms with E-state index in [0.717, 1.165) is 13.1 Å². The maximum Gasteiger partial charge on any atom is 0.211 e. The van der Waals surface area contributed by atoms with Gasteiger partial charge in [0, 0.05) is 48.5 Å². The third-order valence-electron chi connectivity index (χ3n) is 1.94. The second kappa shape index (κ2) is 3.77. The third-order valence-corrected chi connectivity index (χ3v) is 4.21. The van der Waals surface area contributed by atoms with E-state index >= 15 is 0 Å². The van der Waals surface area contributed by atoms with E-state index in [-0.39, 0.29) is 6.04 Å². The molecule has 0 amide bonds. The monoisotopic (exact) mass is 304 g/mol. The lowest BCUT2D eigenvalue weighted by Gasteiger charge is -2.35. The zero-order valence-corrected chi connectivity index (χ0v) is 10.2. The van der Waals surface area contributed by atoms with Gasteiger partial charge in [-0.25, -0.2) is 11.5 Å². The van der Waals surface area contributed by atoms with Crippen molar-refractivity contribution in [1.29, 1.82) is 0 Å². The van der Waals surface area contributed by atoms with Crippen molar-refractivity contribution in [3.63, 3.8) is 0 Å². The summed E-state index contributed by atoms with van der Waals surface area (Å²) in [6.07, 6.45) is 1.27. The molecule has 0 aliphatic carbocycles. The van der Waals surface area contributed by atoms with Gasteiger partial charge in [-0.2, -0.15) is 4.31 Å². The molecule has 1 saturated heterocycles. The van der Waals surface area contributed by atoms with Gasteiger partial charge in [0.15, 0.2) is 0 Å². The van der Waals surface area contributed by atoms with Crippen LogP contribution in [0.25, 0.3) is 0 Å². The van der Waals surface area contributed by atoms with Crippen molar-refractivity contribution in [3.8, 4) is 0 Å². The van der Waals surface area contributed by atoms with Gasteiger partial charge in [0.05, 0.1) is 6.26 Å². The molecular formula is C6H13IN2O2S.